The van der Waals surface area contributed by atoms with Crippen LogP contribution in [0.4, 0.5) is 0 Å². The zero-order valence-electron chi connectivity index (χ0n) is 14.8. The first-order chi connectivity index (χ1) is 10.8. The highest BCUT2D eigenvalue weighted by Crippen LogP contribution is 2.14. The van der Waals surface area contributed by atoms with E-state index in [-0.39, 0.29) is 5.91 Å². The van der Waals surface area contributed by atoms with Crippen LogP contribution in [0.2, 0.25) is 0 Å². The molecule has 0 atom stereocenters. The van der Waals surface area contributed by atoms with Gasteiger partial charge in [0.2, 0.25) is 5.91 Å². The highest BCUT2D eigenvalue weighted by Gasteiger charge is 2.20. The first kappa shape index (κ1) is 19.5. The van der Waals surface area contributed by atoms with Crippen LogP contribution in [0.3, 0.4) is 0 Å². The Morgan fingerprint density at radius 2 is 1.18 bits per heavy atom. The third-order valence-corrected chi connectivity index (χ3v) is 4.56. The van der Waals surface area contributed by atoms with E-state index >= 15 is 0 Å². The van der Waals surface area contributed by atoms with Gasteiger partial charge in [-0.05, 0) is 6.42 Å². The van der Waals surface area contributed by atoms with Crippen LogP contribution in [0.15, 0.2) is 0 Å². The van der Waals surface area contributed by atoms with Crippen LogP contribution in [0, 0.1) is 0 Å². The molecule has 0 aliphatic carbocycles. The molecule has 1 amide bonds. The second kappa shape index (κ2) is 14.0. The summed E-state index contributed by atoms with van der Waals surface area (Å²) in [5, 5.41) is 1.50. The summed E-state index contributed by atoms with van der Waals surface area (Å²) < 4.78 is 0. The van der Waals surface area contributed by atoms with Gasteiger partial charge in [0.15, 0.2) is 0 Å². The van der Waals surface area contributed by atoms with Crippen molar-refractivity contribution in [2.75, 3.05) is 13.2 Å². The molecule has 0 unspecified atom stereocenters. The molecule has 130 valence electrons. The fourth-order valence-electron chi connectivity index (χ4n) is 2.97. The van der Waals surface area contributed by atoms with Crippen molar-refractivity contribution in [3.63, 3.8) is 0 Å². The molecule has 0 radical (unpaired) electrons. The first-order valence-corrected chi connectivity index (χ1v) is 9.78. The van der Waals surface area contributed by atoms with Crippen molar-refractivity contribution >= 4 is 5.91 Å². The molecule has 0 N–H and O–H groups in total. The standard InChI is InChI=1S/C19H37NO2/c1-2-3-4-5-6-7-8-9-10-11-12-13-14-15-16-19(21)20-17-18-22-20/h2-18H2,1H3. The molecule has 0 saturated carbocycles. The molecule has 1 saturated heterocycles. The van der Waals surface area contributed by atoms with E-state index in [1.54, 1.807) is 0 Å². The number of hydrogen-bond donors (Lipinski definition) is 0. The largest absolute Gasteiger partial charge is 0.273 e. The second-order valence-electron chi connectivity index (χ2n) is 6.68. The molecule has 1 rings (SSSR count). The van der Waals surface area contributed by atoms with Crippen molar-refractivity contribution in [3.8, 4) is 0 Å². The first-order valence-electron chi connectivity index (χ1n) is 9.78. The Kier molecular flexibility index (Phi) is 12.4. The van der Waals surface area contributed by atoms with Gasteiger partial charge >= 0.3 is 0 Å². The highest BCUT2D eigenvalue weighted by atomic mass is 16.7. The molecule has 1 fully saturated rings. The van der Waals surface area contributed by atoms with E-state index in [1.165, 1.54) is 88.5 Å². The summed E-state index contributed by atoms with van der Waals surface area (Å²) in [6, 6.07) is 0. The Balaban J connectivity index is 1.68. The topological polar surface area (TPSA) is 29.5 Å². The van der Waals surface area contributed by atoms with E-state index in [0.717, 1.165) is 13.0 Å². The van der Waals surface area contributed by atoms with Gasteiger partial charge in [0.05, 0.1) is 13.2 Å². The summed E-state index contributed by atoms with van der Waals surface area (Å²) in [5.41, 5.74) is 0. The van der Waals surface area contributed by atoms with E-state index in [1.807, 2.05) is 0 Å². The van der Waals surface area contributed by atoms with Crippen molar-refractivity contribution in [1.29, 1.82) is 0 Å². The van der Waals surface area contributed by atoms with E-state index in [4.69, 9.17) is 4.84 Å². The summed E-state index contributed by atoms with van der Waals surface area (Å²) in [6.07, 6.45) is 19.6. The second-order valence-corrected chi connectivity index (χ2v) is 6.68. The number of unbranched alkanes of at least 4 members (excludes halogenated alkanes) is 13. The molecule has 0 bridgehead atoms. The van der Waals surface area contributed by atoms with Crippen LogP contribution in [0.1, 0.15) is 103 Å². The summed E-state index contributed by atoms with van der Waals surface area (Å²) >= 11 is 0. The molecular weight excluding hydrogens is 274 g/mol. The molecule has 3 heteroatoms. The third-order valence-electron chi connectivity index (χ3n) is 4.56. The maximum atomic E-state index is 11.5. The van der Waals surface area contributed by atoms with Crippen LogP contribution in [0.5, 0.6) is 0 Å². The number of hydroxylamine groups is 2. The Hall–Kier alpha value is -0.570. The average Bonchev–Trinajstić information content (AvgIpc) is 2.46. The predicted octanol–water partition coefficient (Wildman–Crippen LogP) is 5.63. The molecule has 22 heavy (non-hydrogen) atoms. The molecule has 0 aromatic carbocycles. The van der Waals surface area contributed by atoms with Gasteiger partial charge in [-0.15, -0.1) is 0 Å². The van der Waals surface area contributed by atoms with Gasteiger partial charge in [-0.1, -0.05) is 90.4 Å². The van der Waals surface area contributed by atoms with Crippen LogP contribution >= 0.6 is 0 Å². The lowest BCUT2D eigenvalue weighted by molar-refractivity contribution is -0.239. The maximum Gasteiger partial charge on any atom is 0.246 e. The molecule has 0 aromatic rings. The van der Waals surface area contributed by atoms with Crippen molar-refractivity contribution < 1.29 is 9.63 Å². The fraction of sp³-hybridized carbons (Fsp3) is 0.947. The summed E-state index contributed by atoms with van der Waals surface area (Å²) in [7, 11) is 0. The molecule has 1 aliphatic rings. The monoisotopic (exact) mass is 311 g/mol. The number of amides is 1. The fourth-order valence-corrected chi connectivity index (χ4v) is 2.97. The van der Waals surface area contributed by atoms with E-state index < -0.39 is 0 Å². The molecule has 0 spiro atoms. The summed E-state index contributed by atoms with van der Waals surface area (Å²) in [5.74, 6) is 0.171. The Morgan fingerprint density at radius 1 is 0.773 bits per heavy atom. The van der Waals surface area contributed by atoms with Crippen molar-refractivity contribution in [3.05, 3.63) is 0 Å². The number of hydrogen-bond acceptors (Lipinski definition) is 2. The molecule has 0 aromatic heterocycles. The normalized spacial score (nSPS) is 14.1. The van der Waals surface area contributed by atoms with Crippen molar-refractivity contribution in [1.82, 2.24) is 5.06 Å². The predicted molar refractivity (Wildman–Crippen MR) is 92.6 cm³/mol. The minimum Gasteiger partial charge on any atom is -0.273 e. The highest BCUT2D eigenvalue weighted by molar-refractivity contribution is 5.75. The minimum atomic E-state index is 0.171. The number of nitrogens with zero attached hydrogens (tertiary/aromatic N) is 1. The quantitative estimate of drug-likeness (QED) is 0.367. The number of carbonyl (C=O) groups excluding carboxylic acids is 1. The van der Waals surface area contributed by atoms with Gasteiger partial charge in [0.25, 0.3) is 0 Å². The van der Waals surface area contributed by atoms with Crippen LogP contribution < -0.4 is 0 Å². The van der Waals surface area contributed by atoms with Gasteiger partial charge < -0.3 is 0 Å². The van der Waals surface area contributed by atoms with Gasteiger partial charge in [0.1, 0.15) is 0 Å². The van der Waals surface area contributed by atoms with Crippen LogP contribution in [0.25, 0.3) is 0 Å². The third kappa shape index (κ3) is 10.2. The molecular formula is C19H37NO2. The van der Waals surface area contributed by atoms with Gasteiger partial charge in [-0.2, -0.15) is 0 Å². The van der Waals surface area contributed by atoms with Gasteiger partial charge in [0, 0.05) is 6.42 Å². The van der Waals surface area contributed by atoms with Crippen molar-refractivity contribution in [2.45, 2.75) is 103 Å². The Labute approximate surface area is 137 Å². The minimum absolute atomic E-state index is 0.171. The zero-order valence-corrected chi connectivity index (χ0v) is 14.8. The van der Waals surface area contributed by atoms with E-state index in [2.05, 4.69) is 6.92 Å². The van der Waals surface area contributed by atoms with Crippen LogP contribution in [-0.4, -0.2) is 24.1 Å². The lowest BCUT2D eigenvalue weighted by Gasteiger charge is -2.29. The van der Waals surface area contributed by atoms with E-state index in [0.29, 0.717) is 13.0 Å². The van der Waals surface area contributed by atoms with Crippen LogP contribution in [-0.2, 0) is 9.63 Å². The Morgan fingerprint density at radius 3 is 1.55 bits per heavy atom. The SMILES string of the molecule is CCCCCCCCCCCCCCCCC(=O)N1CCO1. The van der Waals surface area contributed by atoms with Gasteiger partial charge in [-0.25, -0.2) is 5.06 Å². The smallest absolute Gasteiger partial charge is 0.246 e. The lowest BCUT2D eigenvalue weighted by Crippen LogP contribution is -2.43. The average molecular weight is 312 g/mol. The molecule has 1 aliphatic heterocycles. The zero-order chi connectivity index (χ0) is 15.9. The van der Waals surface area contributed by atoms with Gasteiger partial charge in [-0.3, -0.25) is 9.63 Å². The van der Waals surface area contributed by atoms with Crippen molar-refractivity contribution in [2.24, 2.45) is 0 Å². The molecule has 3 nitrogen and oxygen atoms in total. The number of carbonyl (C=O) groups is 1. The molecule has 1 heterocycles. The Bertz CT molecular complexity index is 264. The van der Waals surface area contributed by atoms with E-state index in [9.17, 15) is 4.79 Å². The number of rotatable bonds is 15. The summed E-state index contributed by atoms with van der Waals surface area (Å²) in [6.45, 7) is 3.78. The summed E-state index contributed by atoms with van der Waals surface area (Å²) in [4.78, 5) is 16.6. The maximum absolute atomic E-state index is 11.5. The lowest BCUT2D eigenvalue weighted by atomic mass is 10.0.